The molecule has 180 valence electrons. The van der Waals surface area contributed by atoms with E-state index in [0.29, 0.717) is 0 Å². The average Bonchev–Trinajstić information content (AvgIpc) is 3.62. The van der Waals surface area contributed by atoms with Crippen LogP contribution in [0.15, 0.2) is 120 Å². The Kier molecular flexibility index (Phi) is 4.64. The summed E-state index contributed by atoms with van der Waals surface area (Å²) >= 11 is 1.89. The molecule has 0 aliphatic heterocycles. The number of thiophene rings is 1. The minimum Gasteiger partial charge on any atom is -0.456 e. The lowest BCUT2D eigenvalue weighted by atomic mass is 10.0. The summed E-state index contributed by atoms with van der Waals surface area (Å²) in [5, 5.41) is 7.52. The summed E-state index contributed by atoms with van der Waals surface area (Å²) in [4.78, 5) is 0. The molecule has 2 nitrogen and oxygen atoms in total. The van der Waals surface area contributed by atoms with Crippen LogP contribution in [0.4, 0.5) is 0 Å². The van der Waals surface area contributed by atoms with Crippen molar-refractivity contribution >= 4 is 81.3 Å². The summed E-state index contributed by atoms with van der Waals surface area (Å²) in [5.74, 6) is 0. The zero-order chi connectivity index (χ0) is 25.2. The monoisotopic (exact) mass is 505 g/mol. The molecule has 0 aliphatic rings. The minimum atomic E-state index is 0.908. The number of furan rings is 1. The van der Waals surface area contributed by atoms with E-state index in [-0.39, 0.29) is 0 Å². The van der Waals surface area contributed by atoms with Gasteiger partial charge in [-0.1, -0.05) is 78.9 Å². The van der Waals surface area contributed by atoms with Gasteiger partial charge in [0.25, 0.3) is 0 Å². The van der Waals surface area contributed by atoms with Gasteiger partial charge in [0.05, 0.1) is 11.0 Å². The zero-order valence-electron chi connectivity index (χ0n) is 20.8. The summed E-state index contributed by atoms with van der Waals surface area (Å²) in [7, 11) is 0. The van der Waals surface area contributed by atoms with Crippen LogP contribution in [0, 0.1) is 0 Å². The minimum absolute atomic E-state index is 0.908. The molecule has 0 atom stereocenters. The Hall–Kier alpha value is -4.60. The Balaban J connectivity index is 1.53. The molecule has 0 aliphatic carbocycles. The average molecular weight is 506 g/mol. The Morgan fingerprint density at radius 1 is 0.658 bits per heavy atom. The number of hydrogen-bond acceptors (Lipinski definition) is 2. The van der Waals surface area contributed by atoms with Gasteiger partial charge < -0.3 is 8.98 Å². The van der Waals surface area contributed by atoms with Crippen LogP contribution in [0.2, 0.25) is 0 Å². The molecule has 3 aromatic heterocycles. The van der Waals surface area contributed by atoms with Crippen LogP contribution >= 0.6 is 11.3 Å². The van der Waals surface area contributed by atoms with E-state index < -0.39 is 0 Å². The number of para-hydroxylation sites is 2. The van der Waals surface area contributed by atoms with Gasteiger partial charge in [-0.3, -0.25) is 0 Å². The number of aromatic nitrogens is 1. The highest BCUT2D eigenvalue weighted by Crippen LogP contribution is 2.45. The van der Waals surface area contributed by atoms with Crippen LogP contribution in [-0.4, -0.2) is 4.57 Å². The molecule has 3 heteroatoms. The molecule has 0 saturated carbocycles. The van der Waals surface area contributed by atoms with E-state index in [4.69, 9.17) is 4.42 Å². The number of nitrogens with zero attached hydrogens (tertiary/aromatic N) is 1. The van der Waals surface area contributed by atoms with Crippen molar-refractivity contribution in [2.45, 2.75) is 6.92 Å². The molecule has 0 amide bonds. The van der Waals surface area contributed by atoms with Crippen LogP contribution in [0.5, 0.6) is 0 Å². The predicted molar refractivity (Wildman–Crippen MR) is 165 cm³/mol. The lowest BCUT2D eigenvalue weighted by Gasteiger charge is -2.09. The van der Waals surface area contributed by atoms with Crippen molar-refractivity contribution in [3.63, 3.8) is 0 Å². The highest BCUT2D eigenvalue weighted by atomic mass is 32.1. The molecule has 8 rings (SSSR count). The smallest absolute Gasteiger partial charge is 0.137 e. The zero-order valence-corrected chi connectivity index (χ0v) is 21.6. The molecule has 0 saturated heterocycles. The van der Waals surface area contributed by atoms with Gasteiger partial charge >= 0.3 is 0 Å². The first-order valence-corrected chi connectivity index (χ1v) is 13.7. The molecule has 3 heterocycles. The van der Waals surface area contributed by atoms with Gasteiger partial charge in [0.1, 0.15) is 11.2 Å². The van der Waals surface area contributed by atoms with Gasteiger partial charge in [-0.2, -0.15) is 0 Å². The van der Waals surface area contributed by atoms with Gasteiger partial charge in [-0.05, 0) is 48.9 Å². The fourth-order valence-electron chi connectivity index (χ4n) is 5.90. The number of fused-ring (bicyclic) bond motifs is 10. The first-order chi connectivity index (χ1) is 18.8. The third kappa shape index (κ3) is 3.00. The highest BCUT2D eigenvalue weighted by molar-refractivity contribution is 7.26. The van der Waals surface area contributed by atoms with Crippen molar-refractivity contribution in [2.75, 3.05) is 0 Å². The molecule has 5 aromatic carbocycles. The molecule has 0 spiro atoms. The molecule has 0 unspecified atom stereocenters. The van der Waals surface area contributed by atoms with Gasteiger partial charge in [0.15, 0.2) is 0 Å². The van der Waals surface area contributed by atoms with Gasteiger partial charge in [-0.25, -0.2) is 0 Å². The molecule has 0 radical (unpaired) electrons. The van der Waals surface area contributed by atoms with Crippen molar-refractivity contribution in [3.05, 3.63) is 121 Å². The molecule has 38 heavy (non-hydrogen) atoms. The van der Waals surface area contributed by atoms with E-state index in [1.807, 2.05) is 23.5 Å². The van der Waals surface area contributed by atoms with Crippen molar-refractivity contribution < 1.29 is 4.42 Å². The Labute approximate surface area is 223 Å². The summed E-state index contributed by atoms with van der Waals surface area (Å²) in [6.45, 7) is 2.05. The molecule has 0 bridgehead atoms. The number of rotatable bonds is 3. The van der Waals surface area contributed by atoms with Crippen LogP contribution < -0.4 is 0 Å². The van der Waals surface area contributed by atoms with Crippen LogP contribution in [0.1, 0.15) is 12.5 Å². The quantitative estimate of drug-likeness (QED) is 0.218. The normalized spacial score (nSPS) is 12.7. The summed E-state index contributed by atoms with van der Waals surface area (Å²) in [6.07, 6.45) is 8.54. The maximum atomic E-state index is 6.28. The van der Waals surface area contributed by atoms with Gasteiger partial charge in [0, 0.05) is 53.5 Å². The predicted octanol–water partition coefficient (Wildman–Crippen LogP) is 10.6. The SMILES string of the molecule is C/C=C\C=C/c1cc2c(c3ccccc3n2-c2ccc3c(c2)oc2ccccc23)c2sc3ccccc3c12. The maximum Gasteiger partial charge on any atom is 0.137 e. The summed E-state index contributed by atoms with van der Waals surface area (Å²) in [6, 6.07) is 34.8. The van der Waals surface area contributed by atoms with E-state index >= 15 is 0 Å². The second-order valence-electron chi connectivity index (χ2n) is 9.68. The van der Waals surface area contributed by atoms with Crippen LogP contribution in [-0.2, 0) is 0 Å². The second kappa shape index (κ2) is 8.20. The second-order valence-corrected chi connectivity index (χ2v) is 10.7. The van der Waals surface area contributed by atoms with Crippen molar-refractivity contribution in [1.82, 2.24) is 4.57 Å². The first-order valence-electron chi connectivity index (χ1n) is 12.9. The highest BCUT2D eigenvalue weighted by Gasteiger charge is 2.20. The number of hydrogen-bond donors (Lipinski definition) is 0. The standard InChI is InChI=1S/C35H23NOS/c1-2-3-4-11-22-20-29-34(35-33(22)27-14-7-10-17-32(27)38-35)26-13-5-8-15-28(26)36(29)23-18-19-25-24-12-6-9-16-30(24)37-31(25)21-23/h2-21H,1H3/b3-2-,11-4-. The lowest BCUT2D eigenvalue weighted by molar-refractivity contribution is 0.668. The third-order valence-corrected chi connectivity index (χ3v) is 8.70. The van der Waals surface area contributed by atoms with Crippen LogP contribution in [0.25, 0.3) is 75.7 Å². The molecular weight excluding hydrogens is 482 g/mol. The Morgan fingerprint density at radius 3 is 2.32 bits per heavy atom. The van der Waals surface area contributed by atoms with E-state index in [2.05, 4.69) is 121 Å². The van der Waals surface area contributed by atoms with E-state index in [1.54, 1.807) is 0 Å². The fourth-order valence-corrected chi connectivity index (χ4v) is 7.19. The maximum absolute atomic E-state index is 6.28. The summed E-state index contributed by atoms with van der Waals surface area (Å²) < 4.78 is 11.3. The Morgan fingerprint density at radius 2 is 1.42 bits per heavy atom. The lowest BCUT2D eigenvalue weighted by Crippen LogP contribution is -1.93. The Bertz CT molecular complexity index is 2250. The first kappa shape index (κ1) is 21.5. The number of allylic oxidation sites excluding steroid dienone is 3. The van der Waals surface area contributed by atoms with Crippen LogP contribution in [0.3, 0.4) is 0 Å². The van der Waals surface area contributed by atoms with Crippen molar-refractivity contribution in [3.8, 4) is 5.69 Å². The molecular formula is C35H23NOS. The van der Waals surface area contributed by atoms with E-state index in [0.717, 1.165) is 27.6 Å². The topological polar surface area (TPSA) is 18.1 Å². The third-order valence-electron chi connectivity index (χ3n) is 7.51. The summed E-state index contributed by atoms with van der Waals surface area (Å²) in [5.41, 5.74) is 6.58. The van der Waals surface area contributed by atoms with Crippen molar-refractivity contribution in [2.24, 2.45) is 0 Å². The largest absolute Gasteiger partial charge is 0.456 e. The number of benzene rings is 5. The van der Waals surface area contributed by atoms with E-state index in [1.165, 1.54) is 47.5 Å². The molecule has 8 aromatic rings. The van der Waals surface area contributed by atoms with Gasteiger partial charge in [0.2, 0.25) is 0 Å². The fraction of sp³-hybridized carbons (Fsp3) is 0.0286. The van der Waals surface area contributed by atoms with Crippen molar-refractivity contribution in [1.29, 1.82) is 0 Å². The molecule has 0 N–H and O–H groups in total. The van der Waals surface area contributed by atoms with Gasteiger partial charge in [-0.15, -0.1) is 11.3 Å². The molecule has 0 fully saturated rings. The van der Waals surface area contributed by atoms with E-state index in [9.17, 15) is 0 Å².